The van der Waals surface area contributed by atoms with Gasteiger partial charge in [-0.05, 0) is 378 Å². The molecule has 6 heterocycles. The SMILES string of the molecule is Cc1cc(C)c(-c2cc3c4c(c2)N(c2ccccc2)c2ccc(C(C)(C)C)cc2B4c2ccccc2N3c2ccccc2)c(C)c1.Cc1cc(C)c(-c2ccc3c(c2)B2c4ccccc4N(c4ccccc4)c4cc(-c5c(C)cc(C)cc5C)cc(c42)N3c2ccccc2)c(C)c1.[2H]c1ccc2c(c1)B1c3ccccc3N(c3ccccc3)c3cc(-c4c(C)cc(C)cc4C)cc(c31)N2c1ccccc1. The first kappa shape index (κ1) is 86.0. The zero-order valence-corrected chi connectivity index (χ0v) is 81.9. The first-order chi connectivity index (χ1) is 68.0. The molecule has 19 aromatic carbocycles. The van der Waals surface area contributed by atoms with Gasteiger partial charge >= 0.3 is 0 Å². The predicted molar refractivity (Wildman–Crippen MR) is 599 cm³/mol. The summed E-state index contributed by atoms with van der Waals surface area (Å²) in [6.07, 6.45) is 0. The van der Waals surface area contributed by atoms with Crippen molar-refractivity contribution in [3.8, 4) is 44.5 Å². The van der Waals surface area contributed by atoms with Crippen LogP contribution in [0.4, 0.5) is 102 Å². The lowest BCUT2D eigenvalue weighted by atomic mass is 9.33. The number of rotatable bonds is 10. The molecule has 0 saturated heterocycles. The van der Waals surface area contributed by atoms with E-state index in [1.807, 2.05) is 6.07 Å². The van der Waals surface area contributed by atoms with Gasteiger partial charge in [-0.3, -0.25) is 0 Å². The molecule has 6 aliphatic heterocycles. The molecule has 25 rings (SSSR count). The molecule has 0 N–H and O–H groups in total. The Morgan fingerprint density at radius 3 is 0.676 bits per heavy atom. The molecular formula is C130H111B3N6. The molecule has 0 spiro atoms. The van der Waals surface area contributed by atoms with Crippen LogP contribution in [0, 0.1) is 83.1 Å². The molecule has 0 radical (unpaired) electrons. The van der Waals surface area contributed by atoms with E-state index in [4.69, 9.17) is 1.37 Å². The minimum Gasteiger partial charge on any atom is -0.311 e. The summed E-state index contributed by atoms with van der Waals surface area (Å²) in [5.74, 6) is 0. The standard InChI is InChI=1S/C48H41BN2.C43H39BN2.C39H31BN2/c1-30-23-32(3)46(33(4)24-30)36-21-22-43-41(27-36)49-40-19-13-14-20-42(40)50(38-15-9-7-10-16-38)44-28-37(47-34(5)25-31(2)26-35(47)6)29-45(48(44)49)51(43)39-17-11-8-12-18-39;1-28-23-29(2)41(30(3)24-28)31-25-39-42-40(26-31)46(34-17-11-8-12-18-34)38-22-21-32(43(4,5)6)27-36(38)44(42)35-19-13-14-20-37(35)45(39)33-15-9-7-10-16-33;1-26-22-27(2)38(28(3)23-26)29-24-36-39-37(25-29)42(31-16-8-5-9-17-31)35-21-13-11-19-33(35)40(39)32-18-10-12-20-34(32)41(36)30-14-6-4-7-15-30/h7-29H,1-6H3;7-27H,1-6H3;4-25H,1-3H3/i;;10D. The van der Waals surface area contributed by atoms with Crippen molar-refractivity contribution >= 4 is 172 Å². The molecule has 0 atom stereocenters. The highest BCUT2D eigenvalue weighted by atomic mass is 15.2. The first-order valence-electron chi connectivity index (χ1n) is 49.6. The van der Waals surface area contributed by atoms with Crippen molar-refractivity contribution in [3.05, 3.63) is 473 Å². The van der Waals surface area contributed by atoms with Crippen LogP contribution in [0.15, 0.2) is 400 Å². The van der Waals surface area contributed by atoms with E-state index < -0.39 is 0 Å². The van der Waals surface area contributed by atoms with Crippen molar-refractivity contribution in [1.82, 2.24) is 0 Å². The summed E-state index contributed by atoms with van der Waals surface area (Å²) < 4.78 is 8.67. The first-order valence-corrected chi connectivity index (χ1v) is 49.1. The summed E-state index contributed by atoms with van der Waals surface area (Å²) in [4.78, 5) is 14.9. The van der Waals surface area contributed by atoms with E-state index in [1.54, 1.807) is 0 Å². The summed E-state index contributed by atoms with van der Waals surface area (Å²) in [5, 5.41) is 0. The van der Waals surface area contributed by atoms with Crippen LogP contribution >= 0.6 is 0 Å². The lowest BCUT2D eigenvalue weighted by Gasteiger charge is -2.45. The van der Waals surface area contributed by atoms with E-state index in [0.717, 1.165) is 28.4 Å². The number of hydrogen-bond acceptors (Lipinski definition) is 6. The Morgan fingerprint density at radius 1 is 0.187 bits per heavy atom. The molecular weight excluding hydrogens is 1680 g/mol. The number of benzene rings is 19. The Balaban J connectivity index is 0.000000118. The van der Waals surface area contributed by atoms with Gasteiger partial charge in [0.1, 0.15) is 0 Å². The lowest BCUT2D eigenvalue weighted by molar-refractivity contribution is 0.591. The highest BCUT2D eigenvalue weighted by molar-refractivity contribution is 7.02. The van der Waals surface area contributed by atoms with E-state index in [0.29, 0.717) is 6.04 Å². The molecule has 0 fully saturated rings. The second kappa shape index (κ2) is 34.8. The number of anilines is 18. The molecule has 0 aliphatic carbocycles. The van der Waals surface area contributed by atoms with Gasteiger partial charge in [0.2, 0.25) is 0 Å². The Bertz CT molecular complexity index is 8030. The third-order valence-electron chi connectivity index (χ3n) is 29.6. The zero-order valence-electron chi connectivity index (χ0n) is 82.9. The lowest BCUT2D eigenvalue weighted by Crippen LogP contribution is -2.61. The molecule has 0 unspecified atom stereocenters. The third kappa shape index (κ3) is 14.9. The maximum absolute atomic E-state index is 8.67. The minimum atomic E-state index is 0.00989. The van der Waals surface area contributed by atoms with E-state index >= 15 is 0 Å². The fraction of sp³-hybridized carbons (Fsp3) is 0.123. The van der Waals surface area contributed by atoms with Crippen LogP contribution in [-0.2, 0) is 5.41 Å². The summed E-state index contributed by atoms with van der Waals surface area (Å²) >= 11 is 0. The molecule has 0 saturated carbocycles. The van der Waals surface area contributed by atoms with Crippen LogP contribution < -0.4 is 78.6 Å². The summed E-state index contributed by atoms with van der Waals surface area (Å²) in [7, 11) is 0. The fourth-order valence-electron chi connectivity index (χ4n) is 24.5. The normalized spacial score (nSPS) is 13.1. The van der Waals surface area contributed by atoms with Crippen molar-refractivity contribution in [2.75, 3.05) is 29.4 Å². The number of hydrogen-bond donors (Lipinski definition) is 0. The maximum Gasteiger partial charge on any atom is 0.252 e. The average Bonchev–Trinajstić information content (AvgIpc) is 0.700. The van der Waals surface area contributed by atoms with Crippen molar-refractivity contribution in [3.63, 3.8) is 0 Å². The van der Waals surface area contributed by atoms with E-state index in [1.165, 1.54) is 240 Å². The molecule has 6 aliphatic rings. The van der Waals surface area contributed by atoms with Crippen LogP contribution in [-0.4, -0.2) is 20.1 Å². The Labute approximate surface area is 823 Å². The molecule has 9 heteroatoms. The predicted octanol–water partition coefficient (Wildman–Crippen LogP) is 29.0. The fourth-order valence-corrected chi connectivity index (χ4v) is 24.5. The van der Waals surface area contributed by atoms with Crippen molar-refractivity contribution in [2.24, 2.45) is 0 Å². The Kier molecular flexibility index (Phi) is 21.5. The number of aryl methyl sites for hydroxylation is 12. The Hall–Kier alpha value is -15.8. The van der Waals surface area contributed by atoms with Gasteiger partial charge in [-0.25, -0.2) is 0 Å². The minimum absolute atomic E-state index is 0.00989. The average molecular weight is 1790 g/mol. The molecule has 6 nitrogen and oxygen atoms in total. The second-order valence-electron chi connectivity index (χ2n) is 40.2. The molecule has 670 valence electrons. The summed E-state index contributed by atoms with van der Waals surface area (Å²) in [6.45, 7) is 33.9. The van der Waals surface area contributed by atoms with Gasteiger partial charge < -0.3 is 29.4 Å². The van der Waals surface area contributed by atoms with Gasteiger partial charge in [-0.2, -0.15) is 0 Å². The monoisotopic (exact) mass is 1790 g/mol. The van der Waals surface area contributed by atoms with E-state index in [9.17, 15) is 0 Å². The largest absolute Gasteiger partial charge is 0.311 e. The molecule has 19 aromatic rings. The summed E-state index contributed by atoms with van der Waals surface area (Å²) in [5.41, 5.74) is 60.5. The molecule has 0 bridgehead atoms. The quantitative estimate of drug-likeness (QED) is 0.126. The van der Waals surface area contributed by atoms with Gasteiger partial charge in [0.15, 0.2) is 0 Å². The maximum atomic E-state index is 8.67. The van der Waals surface area contributed by atoms with Gasteiger partial charge in [0.05, 0.1) is 1.37 Å². The highest BCUT2D eigenvalue weighted by Gasteiger charge is 2.48. The molecule has 139 heavy (non-hydrogen) atoms. The molecule has 0 amide bonds. The van der Waals surface area contributed by atoms with Crippen LogP contribution in [0.2, 0.25) is 0 Å². The second-order valence-corrected chi connectivity index (χ2v) is 40.2. The van der Waals surface area contributed by atoms with Crippen molar-refractivity contribution < 1.29 is 1.37 Å². The van der Waals surface area contributed by atoms with Crippen molar-refractivity contribution in [1.29, 1.82) is 0 Å². The number of para-hydroxylation sites is 10. The topological polar surface area (TPSA) is 19.4 Å². The zero-order chi connectivity index (χ0) is 95.9. The van der Waals surface area contributed by atoms with Gasteiger partial charge in [0, 0.05) is 102 Å². The summed E-state index contributed by atoms with van der Waals surface area (Å²) in [6, 6.07) is 146. The van der Waals surface area contributed by atoms with Gasteiger partial charge in [-0.15, -0.1) is 0 Å². The van der Waals surface area contributed by atoms with Crippen LogP contribution in [0.3, 0.4) is 0 Å². The van der Waals surface area contributed by atoms with E-state index in [2.05, 4.69) is 522 Å². The highest BCUT2D eigenvalue weighted by Crippen LogP contribution is 2.53. The van der Waals surface area contributed by atoms with Crippen LogP contribution in [0.1, 0.15) is 94.5 Å². The van der Waals surface area contributed by atoms with Gasteiger partial charge in [-0.1, -0.05) is 298 Å². The van der Waals surface area contributed by atoms with Gasteiger partial charge in [0.25, 0.3) is 20.1 Å². The number of fused-ring (bicyclic) bond motifs is 12. The van der Waals surface area contributed by atoms with Crippen molar-refractivity contribution in [2.45, 2.75) is 109 Å². The van der Waals surface area contributed by atoms with E-state index in [-0.39, 0.29) is 25.6 Å². The third-order valence-corrected chi connectivity index (χ3v) is 29.6. The Morgan fingerprint density at radius 2 is 0.403 bits per heavy atom. The van der Waals surface area contributed by atoms with Crippen LogP contribution in [0.25, 0.3) is 44.5 Å². The van der Waals surface area contributed by atoms with Crippen LogP contribution in [0.5, 0.6) is 0 Å². The molecule has 0 aromatic heterocycles. The number of nitrogens with zero attached hydrogens (tertiary/aromatic N) is 6. The smallest absolute Gasteiger partial charge is 0.252 e.